The van der Waals surface area contributed by atoms with Crippen molar-refractivity contribution in [3.8, 4) is 123 Å². The SMILES string of the molecule is [Ir+3].[c-]1cc(-c2ccccc2-c2cc(-c3ccccc3-c3c[c-]c(-c4ccccn4)cc3)cc(-c3ccccc3-c3c[c-]c(-c4nccc5c4oc4ncccc45)cc3-c3ccc(-c4ccccc4)cc3)c2)ccc1-c1ccccn1. The van der Waals surface area contributed by atoms with Gasteiger partial charge in [0, 0.05) is 41.3 Å². The minimum absolute atomic E-state index is 0. The van der Waals surface area contributed by atoms with Crippen molar-refractivity contribution in [3.63, 3.8) is 0 Å². The molecule has 5 aromatic heterocycles. The molecule has 5 nitrogen and oxygen atoms in total. The first-order valence-corrected chi connectivity index (χ1v) is 26.3. The van der Waals surface area contributed by atoms with Crippen LogP contribution in [0.1, 0.15) is 0 Å². The van der Waals surface area contributed by atoms with Gasteiger partial charge in [-0.15, -0.1) is 83.4 Å². The second-order valence-corrected chi connectivity index (χ2v) is 19.5. The van der Waals surface area contributed by atoms with E-state index in [2.05, 4.69) is 227 Å². The van der Waals surface area contributed by atoms with Crippen molar-refractivity contribution in [2.24, 2.45) is 0 Å². The third-order valence-corrected chi connectivity index (χ3v) is 14.7. The van der Waals surface area contributed by atoms with Crippen molar-refractivity contribution in [1.82, 2.24) is 19.9 Å². The van der Waals surface area contributed by atoms with E-state index < -0.39 is 0 Å². The van der Waals surface area contributed by atoms with E-state index in [0.717, 1.165) is 128 Å². The molecule has 0 fully saturated rings. The van der Waals surface area contributed by atoms with Crippen molar-refractivity contribution in [2.75, 3.05) is 0 Å². The Bertz CT molecular complexity index is 4360. The van der Waals surface area contributed by atoms with E-state index in [1.807, 2.05) is 73.2 Å². The van der Waals surface area contributed by atoms with Crippen LogP contribution in [0.5, 0.6) is 0 Å². The number of hydrogen-bond acceptors (Lipinski definition) is 5. The van der Waals surface area contributed by atoms with Crippen molar-refractivity contribution in [1.29, 1.82) is 0 Å². The van der Waals surface area contributed by atoms with E-state index in [4.69, 9.17) is 9.40 Å². The summed E-state index contributed by atoms with van der Waals surface area (Å²) in [7, 11) is 0. The third-order valence-electron chi connectivity index (χ3n) is 14.7. The summed E-state index contributed by atoms with van der Waals surface area (Å²) in [5.41, 5.74) is 23.8. The average molecular weight is 1200 g/mol. The van der Waals surface area contributed by atoms with Crippen molar-refractivity contribution < 1.29 is 24.5 Å². The molecular weight excluding hydrogens is 1150 g/mol. The van der Waals surface area contributed by atoms with E-state index in [-0.39, 0.29) is 20.1 Å². The summed E-state index contributed by atoms with van der Waals surface area (Å²) in [6.45, 7) is 0. The van der Waals surface area contributed by atoms with Crippen LogP contribution in [0.3, 0.4) is 0 Å². The van der Waals surface area contributed by atoms with Crippen LogP contribution in [0, 0.1) is 18.2 Å². The number of benzene rings is 9. The van der Waals surface area contributed by atoms with Gasteiger partial charge in [-0.1, -0.05) is 191 Å². The average Bonchev–Trinajstić information content (AvgIpc) is 3.95. The number of pyridine rings is 4. The predicted octanol–water partition coefficient (Wildman–Crippen LogP) is 18.9. The Balaban J connectivity index is 0.00000605. The third kappa shape index (κ3) is 9.54. The van der Waals surface area contributed by atoms with Gasteiger partial charge < -0.3 is 19.4 Å². The Morgan fingerprint density at radius 2 is 0.750 bits per heavy atom. The first-order chi connectivity index (χ1) is 39.2. The molecule has 0 spiro atoms. The first kappa shape index (κ1) is 49.6. The number of rotatable bonds is 11. The number of furan rings is 1. The van der Waals surface area contributed by atoms with Crippen LogP contribution < -0.4 is 0 Å². The van der Waals surface area contributed by atoms with E-state index in [1.165, 1.54) is 0 Å². The molecule has 9 aromatic carbocycles. The van der Waals surface area contributed by atoms with Gasteiger partial charge in [0.05, 0.1) is 0 Å². The van der Waals surface area contributed by atoms with Gasteiger partial charge in [0.25, 0.3) is 0 Å². The summed E-state index contributed by atoms with van der Waals surface area (Å²) in [4.78, 5) is 18.7. The van der Waals surface area contributed by atoms with E-state index >= 15 is 0 Å². The fourth-order valence-corrected chi connectivity index (χ4v) is 10.9. The quantitative estimate of drug-likeness (QED) is 0.121. The van der Waals surface area contributed by atoms with Crippen LogP contribution in [-0.4, -0.2) is 19.9 Å². The minimum atomic E-state index is 0. The summed E-state index contributed by atoms with van der Waals surface area (Å²) in [6, 6.07) is 98.2. The van der Waals surface area contributed by atoms with Gasteiger partial charge in [-0.2, -0.15) is 0 Å². The number of fused-ring (bicyclic) bond motifs is 3. The maximum atomic E-state index is 6.45. The standard InChI is InChI=1S/C74H45N4O.Ir/c1-2-15-49(16-3-1)50-26-28-53(29-27-50)69-48-56(72-73-67(40-44-77-72)68-23-14-43-78-74(68)79-73)38-39-66(69)65-22-9-8-21-64(65)59-46-57(62-19-6-4-17-60(62)51-30-34-54(35-31-51)70-24-10-12-41-75-70)45-58(47-59)63-20-7-5-18-61(63)52-32-36-55(37-33-52)71-25-11-13-42-76-71;/h1-34,36,39-48H;/q-3;+3. The zero-order chi connectivity index (χ0) is 52.5. The normalized spacial score (nSPS) is 11.2. The van der Waals surface area contributed by atoms with Crippen LogP contribution in [0.15, 0.2) is 278 Å². The molecule has 6 heteroatoms. The fraction of sp³-hybridized carbons (Fsp3) is 0. The first-order valence-electron chi connectivity index (χ1n) is 26.3. The zero-order valence-corrected chi connectivity index (χ0v) is 45.4. The summed E-state index contributed by atoms with van der Waals surface area (Å²) in [5, 5.41) is 1.91. The number of hydrogen-bond donors (Lipinski definition) is 0. The largest absolute Gasteiger partial charge is 3.00 e. The van der Waals surface area contributed by atoms with Crippen molar-refractivity contribution in [3.05, 3.63) is 292 Å². The molecule has 0 aliphatic carbocycles. The minimum Gasteiger partial charge on any atom is -0.445 e. The fourth-order valence-electron chi connectivity index (χ4n) is 10.9. The van der Waals surface area contributed by atoms with Crippen molar-refractivity contribution >= 4 is 22.1 Å². The number of aromatic nitrogens is 4. The second-order valence-electron chi connectivity index (χ2n) is 19.5. The molecule has 14 aromatic rings. The van der Waals surface area contributed by atoms with Gasteiger partial charge in [-0.3, -0.25) is 0 Å². The molecule has 0 atom stereocenters. The molecule has 376 valence electrons. The maximum Gasteiger partial charge on any atom is 3.00 e. The van der Waals surface area contributed by atoms with Gasteiger partial charge in [-0.25, -0.2) is 4.98 Å². The van der Waals surface area contributed by atoms with E-state index in [1.54, 1.807) is 6.20 Å². The summed E-state index contributed by atoms with van der Waals surface area (Å²) >= 11 is 0. The molecule has 0 aliphatic heterocycles. The Kier molecular flexibility index (Phi) is 13.5. The molecule has 0 amide bonds. The summed E-state index contributed by atoms with van der Waals surface area (Å²) in [5.74, 6) is 0. The topological polar surface area (TPSA) is 64.7 Å². The Morgan fingerprint density at radius 3 is 1.30 bits per heavy atom. The molecule has 0 saturated carbocycles. The van der Waals surface area contributed by atoms with Crippen LogP contribution in [0.25, 0.3) is 145 Å². The number of nitrogens with zero attached hydrogens (tertiary/aromatic N) is 4. The van der Waals surface area contributed by atoms with Crippen LogP contribution in [0.2, 0.25) is 0 Å². The molecule has 5 heterocycles. The molecule has 0 aliphatic rings. The molecule has 0 saturated heterocycles. The van der Waals surface area contributed by atoms with Crippen molar-refractivity contribution in [2.45, 2.75) is 0 Å². The molecule has 0 N–H and O–H groups in total. The summed E-state index contributed by atoms with van der Waals surface area (Å²) in [6.07, 6.45) is 7.24. The molecule has 14 rings (SSSR count). The van der Waals surface area contributed by atoms with Gasteiger partial charge >= 0.3 is 20.1 Å². The molecule has 80 heavy (non-hydrogen) atoms. The van der Waals surface area contributed by atoms with E-state index in [9.17, 15) is 0 Å². The molecule has 0 bridgehead atoms. The monoisotopic (exact) mass is 1200 g/mol. The second kappa shape index (κ2) is 21.8. The maximum absolute atomic E-state index is 6.45. The van der Waals surface area contributed by atoms with Crippen LogP contribution >= 0.6 is 0 Å². The van der Waals surface area contributed by atoms with Gasteiger partial charge in [0.2, 0.25) is 5.71 Å². The van der Waals surface area contributed by atoms with Gasteiger partial charge in [-0.05, 0) is 110 Å². The van der Waals surface area contributed by atoms with Gasteiger partial charge in [0.1, 0.15) is 5.58 Å². The Morgan fingerprint density at radius 1 is 0.275 bits per heavy atom. The Hall–Kier alpha value is -9.97. The van der Waals surface area contributed by atoms with E-state index in [0.29, 0.717) is 17.0 Å². The zero-order valence-electron chi connectivity index (χ0n) is 43.0. The Labute approximate surface area is 478 Å². The molecular formula is C74H45IrN4O. The van der Waals surface area contributed by atoms with Gasteiger partial charge in [0.15, 0.2) is 0 Å². The predicted molar refractivity (Wildman–Crippen MR) is 321 cm³/mol. The smallest absolute Gasteiger partial charge is 0.445 e. The summed E-state index contributed by atoms with van der Waals surface area (Å²) < 4.78 is 6.45. The van der Waals surface area contributed by atoms with Crippen LogP contribution in [-0.2, 0) is 20.1 Å². The molecule has 0 unspecified atom stereocenters. The molecule has 0 radical (unpaired) electrons. The van der Waals surface area contributed by atoms with Crippen LogP contribution in [0.4, 0.5) is 0 Å².